The molecule has 1 aliphatic rings. The van der Waals surface area contributed by atoms with Gasteiger partial charge in [-0.05, 0) is 51.5 Å². The highest BCUT2D eigenvalue weighted by atomic mass is 32.2. The van der Waals surface area contributed by atoms with Crippen LogP contribution in [0, 0.1) is 0 Å². The first kappa shape index (κ1) is 25.2. The monoisotopic (exact) mass is 471 g/mol. The molecule has 2 amide bonds. The fourth-order valence-corrected chi connectivity index (χ4v) is 5.16. The van der Waals surface area contributed by atoms with E-state index in [9.17, 15) is 22.8 Å². The van der Waals surface area contributed by atoms with Crippen LogP contribution < -0.4 is 5.32 Å². The molecule has 1 aromatic carbocycles. The molecule has 9 nitrogen and oxygen atoms in total. The standard InChI is InChI=1S/C20H29N3O6S2/c1-5-29-20(26)14-6-8-15(9-7-14)21-18(24)12-22(4)19(25)17-10-16(30)11-23(17)31(27,28)13(2)3/h6-9,13,16-17,30H,5,10-12H2,1-4H3,(H,21,24). The second kappa shape index (κ2) is 10.5. The number of sulfonamides is 1. The summed E-state index contributed by atoms with van der Waals surface area (Å²) in [5.74, 6) is -1.35. The summed E-state index contributed by atoms with van der Waals surface area (Å²) in [7, 11) is -2.17. The summed E-state index contributed by atoms with van der Waals surface area (Å²) in [6.45, 7) is 5.01. The van der Waals surface area contributed by atoms with Crippen LogP contribution in [0.5, 0.6) is 0 Å². The lowest BCUT2D eigenvalue weighted by molar-refractivity contribution is -0.136. The van der Waals surface area contributed by atoms with Gasteiger partial charge in [0.15, 0.2) is 0 Å². The molecule has 2 unspecified atom stereocenters. The van der Waals surface area contributed by atoms with Gasteiger partial charge in [0, 0.05) is 24.5 Å². The highest BCUT2D eigenvalue weighted by molar-refractivity contribution is 7.89. The van der Waals surface area contributed by atoms with E-state index in [0.29, 0.717) is 11.3 Å². The SMILES string of the molecule is CCOC(=O)c1ccc(NC(=O)CN(C)C(=O)C2CC(S)CN2S(=O)(=O)C(C)C)cc1. The number of ether oxygens (including phenoxy) is 1. The number of nitrogens with one attached hydrogen (secondary N) is 1. The Labute approximate surface area is 188 Å². The molecular formula is C20H29N3O6S2. The van der Waals surface area contributed by atoms with Crippen LogP contribution in [0.1, 0.15) is 37.6 Å². The summed E-state index contributed by atoms with van der Waals surface area (Å²) >= 11 is 4.36. The average molecular weight is 472 g/mol. The van der Waals surface area contributed by atoms with Crippen molar-refractivity contribution in [3.05, 3.63) is 29.8 Å². The van der Waals surface area contributed by atoms with Gasteiger partial charge in [-0.3, -0.25) is 9.59 Å². The summed E-state index contributed by atoms with van der Waals surface area (Å²) in [4.78, 5) is 38.2. The van der Waals surface area contributed by atoms with E-state index in [0.717, 1.165) is 0 Å². The van der Waals surface area contributed by atoms with E-state index < -0.39 is 39.1 Å². The second-order valence-electron chi connectivity index (χ2n) is 7.61. The van der Waals surface area contributed by atoms with Crippen molar-refractivity contribution in [2.24, 2.45) is 0 Å². The Morgan fingerprint density at radius 2 is 1.87 bits per heavy atom. The maximum atomic E-state index is 12.9. The van der Waals surface area contributed by atoms with Gasteiger partial charge in [-0.15, -0.1) is 0 Å². The van der Waals surface area contributed by atoms with Crippen LogP contribution >= 0.6 is 12.6 Å². The zero-order valence-corrected chi connectivity index (χ0v) is 19.8. The Morgan fingerprint density at radius 1 is 1.26 bits per heavy atom. The zero-order valence-electron chi connectivity index (χ0n) is 18.1. The van der Waals surface area contributed by atoms with E-state index in [-0.39, 0.29) is 31.4 Å². The summed E-state index contributed by atoms with van der Waals surface area (Å²) in [6.07, 6.45) is 0.287. The quantitative estimate of drug-likeness (QED) is 0.437. The Kier molecular flexibility index (Phi) is 8.49. The van der Waals surface area contributed by atoms with Crippen LogP contribution in [0.3, 0.4) is 0 Å². The van der Waals surface area contributed by atoms with Gasteiger partial charge in [-0.1, -0.05) is 0 Å². The van der Waals surface area contributed by atoms with Crippen molar-refractivity contribution in [2.45, 2.75) is 43.7 Å². The highest BCUT2D eigenvalue weighted by Crippen LogP contribution is 2.28. The molecule has 1 N–H and O–H groups in total. The first-order valence-electron chi connectivity index (χ1n) is 9.98. The predicted octanol–water partition coefficient (Wildman–Crippen LogP) is 1.37. The topological polar surface area (TPSA) is 113 Å². The van der Waals surface area contributed by atoms with Crippen LogP contribution in [0.15, 0.2) is 24.3 Å². The molecule has 11 heteroatoms. The molecule has 0 spiro atoms. The Balaban J connectivity index is 2.00. The van der Waals surface area contributed by atoms with Gasteiger partial charge in [0.2, 0.25) is 21.8 Å². The number of rotatable bonds is 8. The van der Waals surface area contributed by atoms with Crippen molar-refractivity contribution in [1.82, 2.24) is 9.21 Å². The molecule has 2 rings (SSSR count). The number of nitrogens with zero attached hydrogens (tertiary/aromatic N) is 2. The largest absolute Gasteiger partial charge is 0.462 e. The molecule has 172 valence electrons. The van der Waals surface area contributed by atoms with Crippen molar-refractivity contribution < 1.29 is 27.5 Å². The first-order valence-corrected chi connectivity index (χ1v) is 12.0. The molecule has 0 radical (unpaired) electrons. The van der Waals surface area contributed by atoms with E-state index in [1.807, 2.05) is 0 Å². The van der Waals surface area contributed by atoms with Gasteiger partial charge >= 0.3 is 5.97 Å². The molecule has 0 aliphatic carbocycles. The van der Waals surface area contributed by atoms with Crippen molar-refractivity contribution >= 4 is 46.1 Å². The number of hydrogen-bond acceptors (Lipinski definition) is 7. The number of thiol groups is 1. The number of amides is 2. The molecule has 2 atom stereocenters. The first-order chi connectivity index (χ1) is 14.5. The summed E-state index contributed by atoms with van der Waals surface area (Å²) < 4.78 is 31.3. The fourth-order valence-electron chi connectivity index (χ4n) is 3.21. The normalized spacial score (nSPS) is 19.3. The lowest BCUT2D eigenvalue weighted by Crippen LogP contribution is -2.49. The minimum Gasteiger partial charge on any atom is -0.462 e. The number of esters is 1. The molecule has 0 aromatic heterocycles. The number of anilines is 1. The van der Waals surface area contributed by atoms with Crippen LogP contribution in [0.2, 0.25) is 0 Å². The lowest BCUT2D eigenvalue weighted by atomic mass is 10.2. The van der Waals surface area contributed by atoms with Gasteiger partial charge in [-0.25, -0.2) is 13.2 Å². The smallest absolute Gasteiger partial charge is 0.338 e. The van der Waals surface area contributed by atoms with Crippen molar-refractivity contribution in [2.75, 3.05) is 32.1 Å². The van der Waals surface area contributed by atoms with Crippen molar-refractivity contribution in [3.63, 3.8) is 0 Å². The van der Waals surface area contributed by atoms with Gasteiger partial charge in [0.05, 0.1) is 24.0 Å². The molecule has 31 heavy (non-hydrogen) atoms. The van der Waals surface area contributed by atoms with E-state index >= 15 is 0 Å². The average Bonchev–Trinajstić information content (AvgIpc) is 3.10. The van der Waals surface area contributed by atoms with Gasteiger partial charge < -0.3 is 15.0 Å². The minimum absolute atomic E-state index is 0.160. The lowest BCUT2D eigenvalue weighted by Gasteiger charge is -2.28. The molecule has 1 aliphatic heterocycles. The molecule has 0 saturated carbocycles. The molecule has 1 aromatic rings. The van der Waals surface area contributed by atoms with Crippen LogP contribution in [0.25, 0.3) is 0 Å². The van der Waals surface area contributed by atoms with Crippen LogP contribution in [-0.2, 0) is 24.3 Å². The van der Waals surface area contributed by atoms with Crippen molar-refractivity contribution in [1.29, 1.82) is 0 Å². The van der Waals surface area contributed by atoms with Gasteiger partial charge in [0.25, 0.3) is 0 Å². The number of hydrogen-bond donors (Lipinski definition) is 2. The summed E-state index contributed by atoms with van der Waals surface area (Å²) in [5, 5.41) is 1.75. The highest BCUT2D eigenvalue weighted by Gasteiger charge is 2.44. The Morgan fingerprint density at radius 3 is 2.42 bits per heavy atom. The third-order valence-corrected chi connectivity index (χ3v) is 7.50. The minimum atomic E-state index is -3.63. The Bertz CT molecular complexity index is 917. The number of carbonyl (C=O) groups is 3. The third kappa shape index (κ3) is 6.20. The van der Waals surface area contributed by atoms with E-state index in [2.05, 4.69) is 17.9 Å². The van der Waals surface area contributed by atoms with Crippen LogP contribution in [0.4, 0.5) is 5.69 Å². The second-order valence-corrected chi connectivity index (χ2v) is 10.8. The zero-order chi connectivity index (χ0) is 23.3. The van der Waals surface area contributed by atoms with E-state index in [4.69, 9.17) is 4.74 Å². The number of benzene rings is 1. The van der Waals surface area contributed by atoms with E-state index in [1.165, 1.54) is 28.4 Å². The maximum Gasteiger partial charge on any atom is 0.338 e. The molecular weight excluding hydrogens is 442 g/mol. The van der Waals surface area contributed by atoms with Crippen LogP contribution in [-0.4, -0.2) is 78.7 Å². The molecule has 1 heterocycles. The number of carbonyl (C=O) groups excluding carboxylic acids is 3. The maximum absolute atomic E-state index is 12.9. The van der Waals surface area contributed by atoms with Crippen molar-refractivity contribution in [3.8, 4) is 0 Å². The molecule has 1 saturated heterocycles. The van der Waals surface area contributed by atoms with E-state index in [1.54, 1.807) is 32.9 Å². The third-order valence-electron chi connectivity index (χ3n) is 4.88. The Hall–Kier alpha value is -2.11. The van der Waals surface area contributed by atoms with Gasteiger partial charge in [0.1, 0.15) is 6.04 Å². The number of likely N-dealkylation sites (N-methyl/N-ethyl adjacent to an activating group) is 1. The fraction of sp³-hybridized carbons (Fsp3) is 0.550. The summed E-state index contributed by atoms with van der Waals surface area (Å²) in [6, 6.07) is 5.30. The molecule has 0 bridgehead atoms. The summed E-state index contributed by atoms with van der Waals surface area (Å²) in [5.41, 5.74) is 0.820. The van der Waals surface area contributed by atoms with Gasteiger partial charge in [-0.2, -0.15) is 16.9 Å². The molecule has 1 fully saturated rings. The predicted molar refractivity (Wildman–Crippen MR) is 121 cm³/mol.